The van der Waals surface area contributed by atoms with Crippen molar-refractivity contribution < 1.29 is 13.6 Å². The fourth-order valence-electron chi connectivity index (χ4n) is 5.04. The van der Waals surface area contributed by atoms with Gasteiger partial charge >= 0.3 is 0 Å². The number of carbonyl (C=O) groups excluding carboxylic acids is 1. The average molecular weight is 463 g/mol. The largest absolute Gasteiger partial charge is 0.465 e. The van der Waals surface area contributed by atoms with Crippen LogP contribution in [0, 0.1) is 31.5 Å². The topological polar surface area (TPSA) is 36.7 Å². The van der Waals surface area contributed by atoms with Crippen molar-refractivity contribution in [2.24, 2.45) is 11.8 Å². The maximum Gasteiger partial charge on any atom is 0.253 e. The van der Waals surface area contributed by atoms with Crippen LogP contribution in [0.2, 0.25) is 0 Å². The Hall–Kier alpha value is -2.92. The van der Waals surface area contributed by atoms with Crippen molar-refractivity contribution >= 4 is 5.91 Å². The highest BCUT2D eigenvalue weighted by Gasteiger charge is 2.36. The summed E-state index contributed by atoms with van der Waals surface area (Å²) in [7, 11) is 0. The lowest BCUT2D eigenvalue weighted by Crippen LogP contribution is -2.39. The number of nitrogens with zero attached hydrogens (tertiary/aromatic N) is 2. The van der Waals surface area contributed by atoms with E-state index in [2.05, 4.69) is 31.7 Å². The van der Waals surface area contributed by atoms with E-state index in [0.29, 0.717) is 19.0 Å². The Morgan fingerprint density at radius 1 is 1.09 bits per heavy atom. The van der Waals surface area contributed by atoms with Gasteiger partial charge in [-0.1, -0.05) is 44.2 Å². The van der Waals surface area contributed by atoms with Crippen LogP contribution < -0.4 is 0 Å². The molecule has 0 saturated carbocycles. The van der Waals surface area contributed by atoms with Crippen molar-refractivity contribution in [2.75, 3.05) is 26.2 Å². The lowest BCUT2D eigenvalue weighted by molar-refractivity contribution is 0.0703. The molecule has 1 aliphatic rings. The van der Waals surface area contributed by atoms with Crippen LogP contribution in [0.25, 0.3) is 0 Å². The van der Waals surface area contributed by atoms with Crippen molar-refractivity contribution in [3.05, 3.63) is 94.7 Å². The SMILES string of the molecule is Cc1cc(CN2C[C@@H](CN(CC(C)C)C(=O)c3ccccc3)[C@H](c3ccc(F)cc3)C2)oc1C. The van der Waals surface area contributed by atoms with Crippen molar-refractivity contribution in [2.45, 2.75) is 40.2 Å². The van der Waals surface area contributed by atoms with Crippen LogP contribution >= 0.6 is 0 Å². The Labute approximate surface area is 202 Å². The molecule has 0 N–H and O–H groups in total. The Balaban J connectivity index is 1.57. The van der Waals surface area contributed by atoms with Gasteiger partial charge in [0.25, 0.3) is 5.91 Å². The number of aryl methyl sites for hydroxylation is 2. The standard InChI is InChI=1S/C29H35FN2O2/c1-20(2)15-32(29(33)24-8-6-5-7-9-24)17-25-16-31(18-27-14-21(3)22(4)34-27)19-28(25)23-10-12-26(30)13-11-23/h5-14,20,25,28H,15-19H2,1-4H3/t25-,28-/m0/s1. The number of benzene rings is 2. The van der Waals surface area contributed by atoms with Gasteiger partial charge in [-0.2, -0.15) is 0 Å². The van der Waals surface area contributed by atoms with Crippen molar-refractivity contribution in [3.8, 4) is 0 Å². The molecule has 3 aromatic rings. The first-order valence-electron chi connectivity index (χ1n) is 12.2. The van der Waals surface area contributed by atoms with Crippen LogP contribution in [0.3, 0.4) is 0 Å². The summed E-state index contributed by atoms with van der Waals surface area (Å²) in [6.45, 7) is 12.2. The molecule has 2 aromatic carbocycles. The first-order valence-corrected chi connectivity index (χ1v) is 12.2. The fourth-order valence-corrected chi connectivity index (χ4v) is 5.04. The van der Waals surface area contributed by atoms with Gasteiger partial charge in [-0.05, 0) is 67.1 Å². The van der Waals surface area contributed by atoms with E-state index in [1.807, 2.05) is 54.3 Å². The number of rotatable bonds is 8. The van der Waals surface area contributed by atoms with Crippen molar-refractivity contribution in [3.63, 3.8) is 0 Å². The summed E-state index contributed by atoms with van der Waals surface area (Å²) < 4.78 is 19.6. The predicted octanol–water partition coefficient (Wildman–Crippen LogP) is 6.05. The van der Waals surface area contributed by atoms with E-state index >= 15 is 0 Å². The van der Waals surface area contributed by atoms with E-state index in [1.54, 1.807) is 0 Å². The van der Waals surface area contributed by atoms with Crippen LogP contribution in [0.5, 0.6) is 0 Å². The molecule has 0 unspecified atom stereocenters. The number of amides is 1. The van der Waals surface area contributed by atoms with E-state index in [-0.39, 0.29) is 23.6 Å². The van der Waals surface area contributed by atoms with E-state index in [4.69, 9.17) is 4.42 Å². The molecular weight excluding hydrogens is 427 g/mol. The molecule has 1 saturated heterocycles. The lowest BCUT2D eigenvalue weighted by atomic mass is 9.88. The molecule has 1 amide bonds. The van der Waals surface area contributed by atoms with E-state index in [0.717, 1.165) is 47.8 Å². The third kappa shape index (κ3) is 5.76. The summed E-state index contributed by atoms with van der Waals surface area (Å²) in [6.07, 6.45) is 0. The molecule has 34 heavy (non-hydrogen) atoms. The molecular formula is C29H35FN2O2. The average Bonchev–Trinajstić information content (AvgIpc) is 3.35. The van der Waals surface area contributed by atoms with Crippen LogP contribution in [-0.2, 0) is 6.54 Å². The van der Waals surface area contributed by atoms with Crippen LogP contribution in [-0.4, -0.2) is 41.9 Å². The molecule has 2 heterocycles. The highest BCUT2D eigenvalue weighted by atomic mass is 19.1. The lowest BCUT2D eigenvalue weighted by Gasteiger charge is -2.30. The molecule has 2 atom stereocenters. The summed E-state index contributed by atoms with van der Waals surface area (Å²) in [4.78, 5) is 17.8. The van der Waals surface area contributed by atoms with Gasteiger partial charge in [0.1, 0.15) is 17.3 Å². The highest BCUT2D eigenvalue weighted by molar-refractivity contribution is 5.94. The first-order chi connectivity index (χ1) is 16.3. The maximum absolute atomic E-state index is 13.6. The Morgan fingerprint density at radius 3 is 2.41 bits per heavy atom. The molecule has 180 valence electrons. The monoisotopic (exact) mass is 462 g/mol. The number of hydrogen-bond acceptors (Lipinski definition) is 3. The van der Waals surface area contributed by atoms with E-state index < -0.39 is 0 Å². The van der Waals surface area contributed by atoms with Gasteiger partial charge < -0.3 is 9.32 Å². The molecule has 4 nitrogen and oxygen atoms in total. The number of likely N-dealkylation sites (tertiary alicyclic amines) is 1. The highest BCUT2D eigenvalue weighted by Crippen LogP contribution is 2.35. The van der Waals surface area contributed by atoms with Gasteiger partial charge in [0, 0.05) is 37.7 Å². The second-order valence-electron chi connectivity index (χ2n) is 10.0. The summed E-state index contributed by atoms with van der Waals surface area (Å²) in [5.74, 6) is 2.60. The fraction of sp³-hybridized carbons (Fsp3) is 0.414. The van der Waals surface area contributed by atoms with Gasteiger partial charge in [0.2, 0.25) is 0 Å². The molecule has 0 bridgehead atoms. The van der Waals surface area contributed by atoms with Gasteiger partial charge in [-0.25, -0.2) is 4.39 Å². The van der Waals surface area contributed by atoms with E-state index in [9.17, 15) is 9.18 Å². The third-order valence-electron chi connectivity index (χ3n) is 6.76. The van der Waals surface area contributed by atoms with Crippen LogP contribution in [0.1, 0.15) is 52.8 Å². The smallest absolute Gasteiger partial charge is 0.253 e. The zero-order valence-electron chi connectivity index (χ0n) is 20.6. The minimum absolute atomic E-state index is 0.0721. The normalized spacial score (nSPS) is 18.5. The first kappa shape index (κ1) is 24.2. The minimum atomic E-state index is -0.225. The maximum atomic E-state index is 13.6. The molecule has 5 heteroatoms. The predicted molar refractivity (Wildman–Crippen MR) is 133 cm³/mol. The summed E-state index contributed by atoms with van der Waals surface area (Å²) >= 11 is 0. The third-order valence-corrected chi connectivity index (χ3v) is 6.76. The van der Waals surface area contributed by atoms with Gasteiger partial charge in [-0.15, -0.1) is 0 Å². The number of carbonyl (C=O) groups is 1. The second-order valence-corrected chi connectivity index (χ2v) is 10.0. The summed E-state index contributed by atoms with van der Waals surface area (Å²) in [5, 5.41) is 0. The number of halogens is 1. The van der Waals surface area contributed by atoms with Crippen molar-refractivity contribution in [1.82, 2.24) is 9.80 Å². The zero-order chi connectivity index (χ0) is 24.2. The zero-order valence-corrected chi connectivity index (χ0v) is 20.6. The molecule has 0 spiro atoms. The van der Waals surface area contributed by atoms with Gasteiger partial charge in [-0.3, -0.25) is 9.69 Å². The quantitative estimate of drug-likeness (QED) is 0.409. The summed E-state index contributed by atoms with van der Waals surface area (Å²) in [6, 6.07) is 18.5. The molecule has 4 rings (SSSR count). The summed E-state index contributed by atoms with van der Waals surface area (Å²) in [5.41, 5.74) is 3.01. The molecule has 0 aliphatic carbocycles. The van der Waals surface area contributed by atoms with Gasteiger partial charge in [0.15, 0.2) is 0 Å². The van der Waals surface area contributed by atoms with Crippen molar-refractivity contribution in [1.29, 1.82) is 0 Å². The molecule has 1 aliphatic heterocycles. The van der Waals surface area contributed by atoms with Crippen LogP contribution in [0.15, 0.2) is 65.1 Å². The minimum Gasteiger partial charge on any atom is -0.465 e. The van der Waals surface area contributed by atoms with E-state index in [1.165, 1.54) is 12.1 Å². The number of furan rings is 1. The Kier molecular flexibility index (Phi) is 7.52. The molecule has 1 fully saturated rings. The van der Waals surface area contributed by atoms with Gasteiger partial charge in [0.05, 0.1) is 6.54 Å². The van der Waals surface area contributed by atoms with Crippen LogP contribution in [0.4, 0.5) is 4.39 Å². The Bertz CT molecular complexity index is 1070. The molecule has 1 aromatic heterocycles. The Morgan fingerprint density at radius 2 is 1.79 bits per heavy atom. The number of hydrogen-bond donors (Lipinski definition) is 0. The second kappa shape index (κ2) is 10.6. The molecule has 0 radical (unpaired) electrons.